The van der Waals surface area contributed by atoms with E-state index in [1.165, 1.54) is 5.56 Å². The summed E-state index contributed by atoms with van der Waals surface area (Å²) in [4.78, 5) is 18.5. The van der Waals surface area contributed by atoms with E-state index in [1.807, 2.05) is 18.2 Å². The van der Waals surface area contributed by atoms with Crippen molar-refractivity contribution in [3.63, 3.8) is 0 Å². The van der Waals surface area contributed by atoms with Gasteiger partial charge in [-0.2, -0.15) is 0 Å². The van der Waals surface area contributed by atoms with E-state index in [0.717, 1.165) is 33.1 Å². The number of hydrogen-bond acceptors (Lipinski definition) is 4. The summed E-state index contributed by atoms with van der Waals surface area (Å²) in [6.45, 7) is 5.27. The third-order valence-electron chi connectivity index (χ3n) is 6.53. The summed E-state index contributed by atoms with van der Waals surface area (Å²) in [5.74, 6) is 1.37. The molecule has 0 aliphatic carbocycles. The maximum atomic E-state index is 13.8. The fourth-order valence-corrected chi connectivity index (χ4v) is 4.60. The van der Waals surface area contributed by atoms with E-state index in [4.69, 9.17) is 14.5 Å². The van der Waals surface area contributed by atoms with Gasteiger partial charge in [-0.05, 0) is 55.7 Å². The smallest absolute Gasteiger partial charge is 0.277 e. The Kier molecular flexibility index (Phi) is 6.03. The highest BCUT2D eigenvalue weighted by atomic mass is 16.5. The lowest BCUT2D eigenvalue weighted by Gasteiger charge is -2.11. The standard InChI is InChI=1S/C29H29N3O3/c1-19-5-8-22(9-6-19)17-32-24-11-7-20(2)15-23(24)27-28(32)29(33)31(18-30-27)14-13-21-10-12-25(34-3)26(16-21)35-4/h5-12,15-16,18H,13-14,17H2,1-4H3. The average Bonchev–Trinajstić information content (AvgIpc) is 3.17. The number of nitrogens with zero attached hydrogens (tertiary/aromatic N) is 3. The van der Waals surface area contributed by atoms with Gasteiger partial charge in [0.15, 0.2) is 11.5 Å². The van der Waals surface area contributed by atoms with Crippen molar-refractivity contribution in [3.8, 4) is 11.5 Å². The van der Waals surface area contributed by atoms with Gasteiger partial charge in [-0.3, -0.25) is 9.36 Å². The molecule has 0 saturated heterocycles. The molecular weight excluding hydrogens is 438 g/mol. The van der Waals surface area contributed by atoms with Crippen LogP contribution in [-0.2, 0) is 19.5 Å². The Morgan fingerprint density at radius 1 is 0.829 bits per heavy atom. The molecular formula is C29H29N3O3. The van der Waals surface area contributed by atoms with E-state index in [0.29, 0.717) is 36.5 Å². The van der Waals surface area contributed by atoms with Crippen LogP contribution in [0, 0.1) is 13.8 Å². The van der Waals surface area contributed by atoms with Crippen molar-refractivity contribution in [1.82, 2.24) is 14.1 Å². The molecule has 3 aromatic carbocycles. The van der Waals surface area contributed by atoms with Gasteiger partial charge in [0.2, 0.25) is 0 Å². The van der Waals surface area contributed by atoms with Crippen molar-refractivity contribution in [3.05, 3.63) is 99.6 Å². The van der Waals surface area contributed by atoms with Crippen LogP contribution in [0.5, 0.6) is 11.5 Å². The summed E-state index contributed by atoms with van der Waals surface area (Å²) in [6.07, 6.45) is 2.34. The number of benzene rings is 3. The molecule has 2 heterocycles. The Labute approximate surface area is 204 Å². The van der Waals surface area contributed by atoms with Crippen LogP contribution in [0.25, 0.3) is 21.9 Å². The molecule has 0 aliphatic heterocycles. The van der Waals surface area contributed by atoms with Gasteiger partial charge < -0.3 is 14.0 Å². The second-order valence-corrected chi connectivity index (χ2v) is 8.97. The van der Waals surface area contributed by atoms with Crippen molar-refractivity contribution < 1.29 is 9.47 Å². The zero-order chi connectivity index (χ0) is 24.5. The SMILES string of the molecule is COc1ccc(CCn2cnc3c4cc(C)ccc4n(Cc4ccc(C)cc4)c3c2=O)cc1OC. The number of fused-ring (bicyclic) bond motifs is 3. The van der Waals surface area contributed by atoms with Gasteiger partial charge in [0.1, 0.15) is 11.0 Å². The molecule has 0 aliphatic rings. The number of rotatable bonds is 7. The van der Waals surface area contributed by atoms with Crippen LogP contribution < -0.4 is 15.0 Å². The molecule has 0 unspecified atom stereocenters. The molecule has 178 valence electrons. The molecule has 0 atom stereocenters. The molecule has 6 heteroatoms. The van der Waals surface area contributed by atoms with Crippen LogP contribution in [0.1, 0.15) is 22.3 Å². The first-order chi connectivity index (χ1) is 17.0. The van der Waals surface area contributed by atoms with Gasteiger partial charge in [0.05, 0.1) is 26.1 Å². The van der Waals surface area contributed by atoms with Gasteiger partial charge in [0, 0.05) is 18.5 Å². The Bertz CT molecular complexity index is 1580. The van der Waals surface area contributed by atoms with Gasteiger partial charge in [-0.25, -0.2) is 4.98 Å². The summed E-state index contributed by atoms with van der Waals surface area (Å²) in [5, 5.41) is 1.01. The number of aromatic nitrogens is 3. The minimum absolute atomic E-state index is 0.0311. The predicted molar refractivity (Wildman–Crippen MR) is 140 cm³/mol. The number of methoxy groups -OCH3 is 2. The number of hydrogen-bond donors (Lipinski definition) is 0. The average molecular weight is 468 g/mol. The molecule has 0 bridgehead atoms. The van der Waals surface area contributed by atoms with E-state index >= 15 is 0 Å². The Morgan fingerprint density at radius 2 is 1.54 bits per heavy atom. The molecule has 0 amide bonds. The first-order valence-corrected chi connectivity index (χ1v) is 11.7. The molecule has 2 aromatic heterocycles. The van der Waals surface area contributed by atoms with Crippen LogP contribution in [0.4, 0.5) is 0 Å². The molecule has 6 nitrogen and oxygen atoms in total. The van der Waals surface area contributed by atoms with Crippen LogP contribution in [0.3, 0.4) is 0 Å². The second kappa shape index (κ2) is 9.29. The van der Waals surface area contributed by atoms with Crippen molar-refractivity contribution in [1.29, 1.82) is 0 Å². The molecule has 0 spiro atoms. The third kappa shape index (κ3) is 4.28. The molecule has 5 aromatic rings. The number of ether oxygens (including phenoxy) is 2. The highest BCUT2D eigenvalue weighted by molar-refractivity contribution is 6.05. The molecule has 5 rings (SSSR count). The first-order valence-electron chi connectivity index (χ1n) is 11.7. The van der Waals surface area contributed by atoms with E-state index in [2.05, 4.69) is 60.9 Å². The molecule has 35 heavy (non-hydrogen) atoms. The first kappa shape index (κ1) is 22.7. The fraction of sp³-hybridized carbons (Fsp3) is 0.241. The van der Waals surface area contributed by atoms with E-state index in [9.17, 15) is 4.79 Å². The normalized spacial score (nSPS) is 11.3. The monoisotopic (exact) mass is 467 g/mol. The van der Waals surface area contributed by atoms with Crippen molar-refractivity contribution in [2.75, 3.05) is 14.2 Å². The lowest BCUT2D eigenvalue weighted by molar-refractivity contribution is 0.354. The quantitative estimate of drug-likeness (QED) is 0.327. The summed E-state index contributed by atoms with van der Waals surface area (Å²) >= 11 is 0. The summed E-state index contributed by atoms with van der Waals surface area (Å²) < 4.78 is 14.6. The maximum absolute atomic E-state index is 13.8. The summed E-state index contributed by atoms with van der Waals surface area (Å²) in [5.41, 5.74) is 6.95. The minimum atomic E-state index is -0.0311. The van der Waals surface area contributed by atoms with Crippen LogP contribution >= 0.6 is 0 Å². The van der Waals surface area contributed by atoms with Gasteiger partial charge in [0.25, 0.3) is 5.56 Å². The lowest BCUT2D eigenvalue weighted by Crippen LogP contribution is -2.23. The van der Waals surface area contributed by atoms with E-state index < -0.39 is 0 Å². The van der Waals surface area contributed by atoms with Crippen molar-refractivity contribution >= 4 is 21.9 Å². The molecule has 0 radical (unpaired) electrons. The predicted octanol–water partition coefficient (Wildman–Crippen LogP) is 5.28. The van der Waals surface area contributed by atoms with E-state index in [-0.39, 0.29) is 5.56 Å². The second-order valence-electron chi connectivity index (χ2n) is 8.97. The van der Waals surface area contributed by atoms with E-state index in [1.54, 1.807) is 25.1 Å². The van der Waals surface area contributed by atoms with Gasteiger partial charge in [-0.15, -0.1) is 0 Å². The van der Waals surface area contributed by atoms with Gasteiger partial charge in [-0.1, -0.05) is 47.5 Å². The Morgan fingerprint density at radius 3 is 2.29 bits per heavy atom. The Balaban J connectivity index is 1.57. The fourth-order valence-electron chi connectivity index (χ4n) is 4.60. The number of aryl methyl sites for hydroxylation is 4. The topological polar surface area (TPSA) is 58.3 Å². The summed E-state index contributed by atoms with van der Waals surface area (Å²) in [6, 6.07) is 20.6. The largest absolute Gasteiger partial charge is 0.493 e. The highest BCUT2D eigenvalue weighted by Crippen LogP contribution is 2.29. The van der Waals surface area contributed by atoms with Crippen molar-refractivity contribution in [2.45, 2.75) is 33.4 Å². The highest BCUT2D eigenvalue weighted by Gasteiger charge is 2.17. The summed E-state index contributed by atoms with van der Waals surface area (Å²) in [7, 11) is 3.24. The zero-order valence-electron chi connectivity index (χ0n) is 20.5. The molecule has 0 saturated carbocycles. The Hall–Kier alpha value is -4.06. The molecule has 0 fully saturated rings. The third-order valence-corrected chi connectivity index (χ3v) is 6.53. The van der Waals surface area contributed by atoms with Crippen LogP contribution in [-0.4, -0.2) is 28.3 Å². The van der Waals surface area contributed by atoms with Crippen LogP contribution in [0.15, 0.2) is 71.8 Å². The van der Waals surface area contributed by atoms with Crippen molar-refractivity contribution in [2.24, 2.45) is 0 Å². The van der Waals surface area contributed by atoms with Gasteiger partial charge >= 0.3 is 0 Å². The lowest BCUT2D eigenvalue weighted by atomic mass is 10.1. The molecule has 0 N–H and O–H groups in total. The van der Waals surface area contributed by atoms with Crippen LogP contribution in [0.2, 0.25) is 0 Å². The zero-order valence-corrected chi connectivity index (χ0v) is 20.5. The maximum Gasteiger partial charge on any atom is 0.277 e. The minimum Gasteiger partial charge on any atom is -0.493 e.